The van der Waals surface area contributed by atoms with Gasteiger partial charge in [0, 0.05) is 6.54 Å². The molecule has 1 N–H and O–H groups in total. The van der Waals surface area contributed by atoms with Gasteiger partial charge in [0.25, 0.3) is 0 Å². The molecule has 0 aromatic heterocycles. The average molecular weight is 386 g/mol. The minimum atomic E-state index is -0.697. The van der Waals surface area contributed by atoms with Gasteiger partial charge in [-0.1, -0.05) is 6.07 Å². The molecule has 0 unspecified atom stereocenters. The van der Waals surface area contributed by atoms with Crippen molar-refractivity contribution in [3.05, 3.63) is 23.8 Å². The van der Waals surface area contributed by atoms with E-state index in [1.54, 1.807) is 59.7 Å². The quantitative estimate of drug-likeness (QED) is 0.350. The van der Waals surface area contributed by atoms with Gasteiger partial charge < -0.3 is 19.6 Å². The summed E-state index contributed by atoms with van der Waals surface area (Å²) in [5.74, 6) is -0.481. The van der Waals surface area contributed by atoms with Gasteiger partial charge in [0.1, 0.15) is 6.29 Å². The highest BCUT2D eigenvalue weighted by molar-refractivity contribution is 5.85. The first-order valence-electron chi connectivity index (χ1n) is 8.17. The van der Waals surface area contributed by atoms with Gasteiger partial charge in [0.05, 0.1) is 17.4 Å². The van der Waals surface area contributed by atoms with Crippen LogP contribution < -0.4 is 14.8 Å². The van der Waals surface area contributed by atoms with E-state index >= 15 is 0 Å². The first kappa shape index (κ1) is 24.1. The second kappa shape index (κ2) is 9.69. The first-order valence-corrected chi connectivity index (χ1v) is 8.17. The van der Waals surface area contributed by atoms with E-state index in [1.807, 2.05) is 0 Å². The number of carbonyl (C=O) groups is 3. The van der Waals surface area contributed by atoms with Crippen LogP contribution in [-0.4, -0.2) is 24.8 Å². The van der Waals surface area contributed by atoms with E-state index in [4.69, 9.17) is 9.47 Å². The van der Waals surface area contributed by atoms with Crippen molar-refractivity contribution in [3.63, 3.8) is 0 Å². The Morgan fingerprint density at radius 1 is 0.962 bits per heavy atom. The fourth-order valence-electron chi connectivity index (χ4n) is 1.61. The molecule has 7 heteroatoms. The summed E-state index contributed by atoms with van der Waals surface area (Å²) < 4.78 is 10.9. The summed E-state index contributed by atoms with van der Waals surface area (Å²) >= 11 is 0. The monoisotopic (exact) mass is 385 g/mol. The van der Waals surface area contributed by atoms with Crippen LogP contribution in [0.1, 0.15) is 47.1 Å². The van der Waals surface area contributed by atoms with Gasteiger partial charge in [-0.15, -0.1) is 12.4 Å². The molecule has 1 rings (SSSR count). The molecule has 0 aliphatic heterocycles. The molecular weight excluding hydrogens is 358 g/mol. The van der Waals surface area contributed by atoms with Gasteiger partial charge >= 0.3 is 11.9 Å². The Balaban J connectivity index is 0.00000625. The van der Waals surface area contributed by atoms with E-state index in [-0.39, 0.29) is 30.5 Å². The number of hydrogen-bond acceptors (Lipinski definition) is 6. The molecule has 6 nitrogen and oxygen atoms in total. The Labute approximate surface area is 161 Å². The fourth-order valence-corrected chi connectivity index (χ4v) is 1.61. The minimum Gasteiger partial charge on any atom is -0.422 e. The van der Waals surface area contributed by atoms with Crippen LogP contribution >= 0.6 is 12.4 Å². The smallest absolute Gasteiger partial charge is 0.316 e. The molecule has 0 saturated carbocycles. The molecular formula is C19H28ClNO5. The summed E-state index contributed by atoms with van der Waals surface area (Å²) in [6.45, 7) is 11.1. The number of nitrogens with one attached hydrogen (secondary N) is 1. The Morgan fingerprint density at radius 3 is 1.92 bits per heavy atom. The van der Waals surface area contributed by atoms with Crippen molar-refractivity contribution >= 4 is 30.6 Å². The molecule has 1 aromatic rings. The maximum atomic E-state index is 12.2. The van der Waals surface area contributed by atoms with Gasteiger partial charge in [0.15, 0.2) is 11.5 Å². The van der Waals surface area contributed by atoms with Gasteiger partial charge in [-0.3, -0.25) is 9.59 Å². The maximum Gasteiger partial charge on any atom is 0.316 e. The number of carbonyl (C=O) groups excluding carboxylic acids is 3. The molecule has 0 amide bonds. The van der Waals surface area contributed by atoms with Crippen molar-refractivity contribution in [3.8, 4) is 11.5 Å². The van der Waals surface area contributed by atoms with Crippen LogP contribution in [0.5, 0.6) is 11.5 Å². The summed E-state index contributed by atoms with van der Waals surface area (Å²) in [5.41, 5.74) is -0.582. The lowest BCUT2D eigenvalue weighted by atomic mass is 9.97. The molecule has 26 heavy (non-hydrogen) atoms. The van der Waals surface area contributed by atoms with Crippen LogP contribution in [0.25, 0.3) is 0 Å². The van der Waals surface area contributed by atoms with E-state index in [0.717, 1.165) is 11.8 Å². The predicted molar refractivity (Wildman–Crippen MR) is 102 cm³/mol. The number of halogens is 1. The van der Waals surface area contributed by atoms with Crippen molar-refractivity contribution in [1.29, 1.82) is 0 Å². The summed E-state index contributed by atoms with van der Waals surface area (Å²) in [4.78, 5) is 34.8. The number of aldehydes is 1. The highest BCUT2D eigenvalue weighted by Crippen LogP contribution is 2.32. The highest BCUT2D eigenvalue weighted by Gasteiger charge is 2.28. The lowest BCUT2D eigenvalue weighted by molar-refractivity contribution is -0.145. The second-order valence-corrected chi connectivity index (χ2v) is 7.86. The van der Waals surface area contributed by atoms with E-state index in [0.29, 0.717) is 6.54 Å². The van der Waals surface area contributed by atoms with E-state index in [9.17, 15) is 14.4 Å². The average Bonchev–Trinajstić information content (AvgIpc) is 2.47. The van der Waals surface area contributed by atoms with E-state index in [1.165, 1.54) is 0 Å². The standard InChI is InChI=1S/C19H27NO5.ClH/c1-18(2,3)16(22)24-14-8-7-13(12-20-9-10-21)11-15(14)25-17(23)19(4,5)6;/h7-8,10-11,20H,9,12H2,1-6H3;1H. The molecule has 0 aliphatic carbocycles. The van der Waals surface area contributed by atoms with E-state index in [2.05, 4.69) is 5.32 Å². The maximum absolute atomic E-state index is 12.2. The van der Waals surface area contributed by atoms with Crippen LogP contribution in [0.4, 0.5) is 0 Å². The molecule has 0 spiro atoms. The molecule has 0 radical (unpaired) electrons. The van der Waals surface area contributed by atoms with Crippen LogP contribution in [0.15, 0.2) is 18.2 Å². The molecule has 0 heterocycles. The summed E-state index contributed by atoms with van der Waals surface area (Å²) in [7, 11) is 0. The SMILES string of the molecule is CC(C)(C)C(=O)Oc1ccc(CNCC=O)cc1OC(=O)C(C)(C)C.Cl. The number of rotatable bonds is 6. The first-order chi connectivity index (χ1) is 11.4. The minimum absolute atomic E-state index is 0. The highest BCUT2D eigenvalue weighted by atomic mass is 35.5. The van der Waals surface area contributed by atoms with Crippen molar-refractivity contribution in [1.82, 2.24) is 5.32 Å². The molecule has 0 saturated heterocycles. The molecule has 0 bridgehead atoms. The third-order valence-electron chi connectivity index (χ3n) is 3.19. The Kier molecular flexibility index (Phi) is 8.97. The lowest BCUT2D eigenvalue weighted by Crippen LogP contribution is -2.28. The third kappa shape index (κ3) is 7.54. The zero-order chi connectivity index (χ0) is 19.3. The number of ether oxygens (including phenoxy) is 2. The zero-order valence-electron chi connectivity index (χ0n) is 16.2. The molecule has 0 aliphatic rings. The van der Waals surface area contributed by atoms with Gasteiger partial charge in [-0.25, -0.2) is 0 Å². The largest absolute Gasteiger partial charge is 0.422 e. The number of hydrogen-bond donors (Lipinski definition) is 1. The van der Waals surface area contributed by atoms with Gasteiger partial charge in [0.2, 0.25) is 0 Å². The lowest BCUT2D eigenvalue weighted by Gasteiger charge is -2.20. The number of esters is 2. The summed E-state index contributed by atoms with van der Waals surface area (Å²) in [6, 6.07) is 4.97. The van der Waals surface area contributed by atoms with Crippen LogP contribution in [0, 0.1) is 10.8 Å². The van der Waals surface area contributed by atoms with Gasteiger partial charge in [-0.2, -0.15) is 0 Å². The molecule has 146 valence electrons. The van der Waals surface area contributed by atoms with Crippen LogP contribution in [-0.2, 0) is 20.9 Å². The molecule has 1 aromatic carbocycles. The Morgan fingerprint density at radius 2 is 1.46 bits per heavy atom. The predicted octanol–water partition coefficient (Wildman–Crippen LogP) is 3.30. The Bertz CT molecular complexity index is 644. The number of benzene rings is 1. The van der Waals surface area contributed by atoms with Crippen molar-refractivity contribution < 1.29 is 23.9 Å². The van der Waals surface area contributed by atoms with Crippen molar-refractivity contribution in [2.45, 2.75) is 48.1 Å². The van der Waals surface area contributed by atoms with Gasteiger partial charge in [-0.05, 0) is 59.2 Å². The van der Waals surface area contributed by atoms with E-state index < -0.39 is 22.8 Å². The third-order valence-corrected chi connectivity index (χ3v) is 3.19. The topological polar surface area (TPSA) is 81.7 Å². The van der Waals surface area contributed by atoms with Crippen molar-refractivity contribution in [2.75, 3.05) is 6.54 Å². The fraction of sp³-hybridized carbons (Fsp3) is 0.526. The summed E-state index contributed by atoms with van der Waals surface area (Å²) in [6.07, 6.45) is 0.764. The van der Waals surface area contributed by atoms with Crippen LogP contribution in [0.2, 0.25) is 0 Å². The van der Waals surface area contributed by atoms with Crippen LogP contribution in [0.3, 0.4) is 0 Å². The summed E-state index contributed by atoms with van der Waals surface area (Å²) in [5, 5.41) is 2.93. The molecule has 0 atom stereocenters. The van der Waals surface area contributed by atoms with Crippen molar-refractivity contribution in [2.24, 2.45) is 10.8 Å². The second-order valence-electron chi connectivity index (χ2n) is 7.86. The zero-order valence-corrected chi connectivity index (χ0v) is 17.0. The normalized spacial score (nSPS) is 11.3. The molecule has 0 fully saturated rings. The Hall–Kier alpha value is -1.92.